The Bertz CT molecular complexity index is 369. The van der Waals surface area contributed by atoms with Gasteiger partial charge in [0.2, 0.25) is 0 Å². The Hall–Kier alpha value is -0.570. The fourth-order valence-corrected chi connectivity index (χ4v) is 2.84. The summed E-state index contributed by atoms with van der Waals surface area (Å²) in [6.07, 6.45) is 4.08. The second-order valence-electron chi connectivity index (χ2n) is 4.87. The van der Waals surface area contributed by atoms with Crippen LogP contribution in [0.25, 0.3) is 0 Å². The molecule has 1 fully saturated rings. The van der Waals surface area contributed by atoms with Crippen LogP contribution in [0.4, 0.5) is 0 Å². The van der Waals surface area contributed by atoms with E-state index in [1.807, 2.05) is 24.3 Å². The van der Waals surface area contributed by atoms with Crippen molar-refractivity contribution in [3.8, 4) is 0 Å². The van der Waals surface area contributed by atoms with Gasteiger partial charge >= 0.3 is 0 Å². The van der Waals surface area contributed by atoms with Crippen LogP contribution in [-0.2, 0) is 0 Å². The van der Waals surface area contributed by atoms with Gasteiger partial charge in [0.1, 0.15) is 0 Å². The smallest absolute Gasteiger partial charge is 0.0693 e. The van der Waals surface area contributed by atoms with Crippen LogP contribution in [-0.4, -0.2) is 17.3 Å². The molecule has 17 heavy (non-hydrogen) atoms. The van der Waals surface area contributed by atoms with Crippen LogP contribution >= 0.6 is 11.6 Å². The summed E-state index contributed by atoms with van der Waals surface area (Å²) in [7, 11) is 0. The van der Waals surface area contributed by atoms with E-state index in [2.05, 4.69) is 12.2 Å². The Labute approximate surface area is 108 Å². The lowest BCUT2D eigenvalue weighted by Crippen LogP contribution is -2.43. The first-order valence-corrected chi connectivity index (χ1v) is 6.75. The first-order chi connectivity index (χ1) is 8.18. The molecular weight excluding hydrogens is 234 g/mol. The predicted octanol–water partition coefficient (Wildman–Crippen LogP) is 3.29. The van der Waals surface area contributed by atoms with Crippen molar-refractivity contribution in [2.24, 2.45) is 0 Å². The molecule has 3 heteroatoms. The number of hydrogen-bond donors (Lipinski definition) is 2. The molecule has 0 spiro atoms. The van der Waals surface area contributed by atoms with Gasteiger partial charge in [0.25, 0.3) is 0 Å². The van der Waals surface area contributed by atoms with Gasteiger partial charge in [-0.25, -0.2) is 0 Å². The molecule has 1 saturated carbocycles. The lowest BCUT2D eigenvalue weighted by atomic mass is 9.91. The molecule has 1 aliphatic carbocycles. The molecular formula is C14H20ClNO. The van der Waals surface area contributed by atoms with Crippen LogP contribution in [0.5, 0.6) is 0 Å². The minimum atomic E-state index is -0.214. The minimum absolute atomic E-state index is 0.182. The number of aliphatic hydroxyl groups is 1. The van der Waals surface area contributed by atoms with Gasteiger partial charge in [-0.1, -0.05) is 42.6 Å². The fourth-order valence-electron chi connectivity index (χ4n) is 2.54. The molecule has 0 aliphatic heterocycles. The van der Waals surface area contributed by atoms with Gasteiger partial charge in [-0.05, 0) is 31.4 Å². The zero-order valence-electron chi connectivity index (χ0n) is 10.2. The molecule has 2 nitrogen and oxygen atoms in total. The van der Waals surface area contributed by atoms with Gasteiger partial charge < -0.3 is 10.4 Å². The lowest BCUT2D eigenvalue weighted by molar-refractivity contribution is 0.0860. The van der Waals surface area contributed by atoms with Crippen molar-refractivity contribution in [2.75, 3.05) is 0 Å². The lowest BCUT2D eigenvalue weighted by Gasteiger charge is -2.31. The van der Waals surface area contributed by atoms with E-state index in [4.69, 9.17) is 11.6 Å². The maximum absolute atomic E-state index is 9.94. The van der Waals surface area contributed by atoms with E-state index in [0.717, 1.165) is 29.8 Å². The Kier molecular flexibility index (Phi) is 4.43. The summed E-state index contributed by atoms with van der Waals surface area (Å²) in [4.78, 5) is 0. The maximum atomic E-state index is 9.94. The number of aliphatic hydroxyl groups excluding tert-OH is 1. The summed E-state index contributed by atoms with van der Waals surface area (Å²) in [6, 6.07) is 8.27. The van der Waals surface area contributed by atoms with Crippen molar-refractivity contribution in [3.63, 3.8) is 0 Å². The fraction of sp³-hybridized carbons (Fsp3) is 0.571. The number of halogens is 1. The van der Waals surface area contributed by atoms with Crippen molar-refractivity contribution >= 4 is 11.6 Å². The van der Waals surface area contributed by atoms with E-state index in [0.29, 0.717) is 0 Å². The molecule has 0 saturated heterocycles. The molecule has 0 amide bonds. The van der Waals surface area contributed by atoms with Crippen LogP contribution < -0.4 is 5.32 Å². The van der Waals surface area contributed by atoms with Crippen LogP contribution in [0.15, 0.2) is 24.3 Å². The third kappa shape index (κ3) is 3.21. The quantitative estimate of drug-likeness (QED) is 0.867. The number of nitrogens with one attached hydrogen (secondary N) is 1. The van der Waals surface area contributed by atoms with Crippen molar-refractivity contribution < 1.29 is 5.11 Å². The first-order valence-electron chi connectivity index (χ1n) is 6.37. The first kappa shape index (κ1) is 12.9. The van der Waals surface area contributed by atoms with Crippen molar-refractivity contribution in [3.05, 3.63) is 34.9 Å². The standard InChI is InChI=1S/C14H20ClNO/c1-10(11-6-2-3-7-12(11)15)16-13-8-4-5-9-14(13)17/h2-3,6-7,10,13-14,16-17H,4-5,8-9H2,1H3/t10-,13-,14-/m0/s1. The number of rotatable bonds is 3. The van der Waals surface area contributed by atoms with Crippen LogP contribution in [0.2, 0.25) is 5.02 Å². The van der Waals surface area contributed by atoms with E-state index < -0.39 is 0 Å². The zero-order valence-corrected chi connectivity index (χ0v) is 11.0. The predicted molar refractivity (Wildman–Crippen MR) is 71.3 cm³/mol. The number of hydrogen-bond acceptors (Lipinski definition) is 2. The summed E-state index contributed by atoms with van der Waals surface area (Å²) in [6.45, 7) is 2.10. The van der Waals surface area contributed by atoms with E-state index in [-0.39, 0.29) is 18.2 Å². The highest BCUT2D eigenvalue weighted by Gasteiger charge is 2.24. The molecule has 94 valence electrons. The second-order valence-corrected chi connectivity index (χ2v) is 5.28. The Morgan fingerprint density at radius 2 is 2.00 bits per heavy atom. The molecule has 0 radical (unpaired) electrons. The molecule has 2 N–H and O–H groups in total. The largest absolute Gasteiger partial charge is 0.392 e. The summed E-state index contributed by atoms with van der Waals surface area (Å²) in [5.74, 6) is 0. The van der Waals surface area contributed by atoms with Crippen molar-refractivity contribution in [1.29, 1.82) is 0 Å². The van der Waals surface area contributed by atoms with Gasteiger partial charge in [0.15, 0.2) is 0 Å². The summed E-state index contributed by atoms with van der Waals surface area (Å²) in [5.41, 5.74) is 1.10. The summed E-state index contributed by atoms with van der Waals surface area (Å²) < 4.78 is 0. The van der Waals surface area contributed by atoms with Crippen molar-refractivity contribution in [2.45, 2.75) is 50.8 Å². The van der Waals surface area contributed by atoms with Gasteiger partial charge in [-0.2, -0.15) is 0 Å². The summed E-state index contributed by atoms with van der Waals surface area (Å²) >= 11 is 6.17. The van der Waals surface area contributed by atoms with Gasteiger partial charge in [0, 0.05) is 17.1 Å². The third-order valence-corrected chi connectivity index (χ3v) is 3.91. The monoisotopic (exact) mass is 253 g/mol. The van der Waals surface area contributed by atoms with E-state index in [1.165, 1.54) is 6.42 Å². The van der Waals surface area contributed by atoms with Gasteiger partial charge in [-0.15, -0.1) is 0 Å². The van der Waals surface area contributed by atoms with Crippen LogP contribution in [0, 0.1) is 0 Å². The Morgan fingerprint density at radius 3 is 2.71 bits per heavy atom. The molecule has 0 aromatic heterocycles. The molecule has 3 atom stereocenters. The van der Waals surface area contributed by atoms with Crippen LogP contribution in [0.1, 0.15) is 44.2 Å². The highest BCUT2D eigenvalue weighted by atomic mass is 35.5. The maximum Gasteiger partial charge on any atom is 0.0693 e. The molecule has 1 aromatic rings. The molecule has 0 heterocycles. The molecule has 1 aliphatic rings. The Balaban J connectivity index is 2.01. The average molecular weight is 254 g/mol. The third-order valence-electron chi connectivity index (χ3n) is 3.57. The topological polar surface area (TPSA) is 32.3 Å². The van der Waals surface area contributed by atoms with E-state index in [1.54, 1.807) is 0 Å². The summed E-state index contributed by atoms with van der Waals surface area (Å²) in [5, 5.41) is 14.2. The second kappa shape index (κ2) is 5.85. The van der Waals surface area contributed by atoms with Gasteiger partial charge in [-0.3, -0.25) is 0 Å². The minimum Gasteiger partial charge on any atom is -0.392 e. The normalized spacial score (nSPS) is 26.8. The zero-order chi connectivity index (χ0) is 12.3. The van der Waals surface area contributed by atoms with E-state index in [9.17, 15) is 5.11 Å². The molecule has 0 bridgehead atoms. The van der Waals surface area contributed by atoms with E-state index >= 15 is 0 Å². The Morgan fingerprint density at radius 1 is 1.29 bits per heavy atom. The highest BCUT2D eigenvalue weighted by molar-refractivity contribution is 6.31. The number of benzene rings is 1. The SMILES string of the molecule is C[C@H](N[C@H]1CCCC[C@@H]1O)c1ccccc1Cl. The average Bonchev–Trinajstić information content (AvgIpc) is 2.32. The van der Waals surface area contributed by atoms with Crippen molar-refractivity contribution in [1.82, 2.24) is 5.32 Å². The van der Waals surface area contributed by atoms with Gasteiger partial charge in [0.05, 0.1) is 6.10 Å². The molecule has 0 unspecified atom stereocenters. The molecule has 2 rings (SSSR count). The highest BCUT2D eigenvalue weighted by Crippen LogP contribution is 2.25. The van der Waals surface area contributed by atoms with Crippen LogP contribution in [0.3, 0.4) is 0 Å². The molecule has 1 aromatic carbocycles.